The molecule has 0 radical (unpaired) electrons. The first kappa shape index (κ1) is 16.4. The smallest absolute Gasteiger partial charge is 0.312 e. The number of carbonyl (C=O) groups excluding carboxylic acids is 1. The highest BCUT2D eigenvalue weighted by atomic mass is 16.5. The predicted octanol–water partition coefficient (Wildman–Crippen LogP) is 3.15. The van der Waals surface area contributed by atoms with Crippen molar-refractivity contribution in [3.8, 4) is 0 Å². The molecule has 0 saturated heterocycles. The highest BCUT2D eigenvalue weighted by Gasteiger charge is 2.42. The van der Waals surface area contributed by atoms with Crippen LogP contribution in [0.2, 0.25) is 0 Å². The van der Waals surface area contributed by atoms with Crippen LogP contribution in [0.1, 0.15) is 60.3 Å². The Morgan fingerprint density at radius 1 is 1.18 bits per heavy atom. The summed E-state index contributed by atoms with van der Waals surface area (Å²) >= 11 is 0. The van der Waals surface area contributed by atoms with E-state index in [2.05, 4.69) is 0 Å². The molecule has 0 rings (SSSR count). The maximum Gasteiger partial charge on any atom is 0.312 e. The van der Waals surface area contributed by atoms with Crippen LogP contribution in [0.3, 0.4) is 0 Å². The van der Waals surface area contributed by atoms with Gasteiger partial charge in [0.1, 0.15) is 0 Å². The van der Waals surface area contributed by atoms with E-state index >= 15 is 0 Å². The molecule has 0 aliphatic rings. The Morgan fingerprint density at radius 3 is 1.94 bits per heavy atom. The quantitative estimate of drug-likeness (QED) is 0.667. The van der Waals surface area contributed by atoms with Crippen molar-refractivity contribution in [1.29, 1.82) is 0 Å². The molecule has 1 N–H and O–H groups in total. The fraction of sp³-hybridized carbons (Fsp3) is 0.929. The van der Waals surface area contributed by atoms with Crippen molar-refractivity contribution >= 4 is 5.97 Å². The van der Waals surface area contributed by atoms with Crippen LogP contribution in [0.4, 0.5) is 0 Å². The topological polar surface area (TPSA) is 46.5 Å². The lowest BCUT2D eigenvalue weighted by atomic mass is 9.74. The Bertz CT molecular complexity index is 218. The first-order valence-corrected chi connectivity index (χ1v) is 6.81. The van der Waals surface area contributed by atoms with Gasteiger partial charge in [0.25, 0.3) is 0 Å². The lowest BCUT2D eigenvalue weighted by molar-refractivity contribution is -0.163. The monoisotopic (exact) mass is 244 g/mol. The lowest BCUT2D eigenvalue weighted by Gasteiger charge is -2.37. The Kier molecular flexibility index (Phi) is 7.44. The first-order valence-electron chi connectivity index (χ1n) is 6.81. The molecule has 3 nitrogen and oxygen atoms in total. The minimum atomic E-state index is -0.913. The van der Waals surface area contributed by atoms with E-state index in [0.29, 0.717) is 19.4 Å². The van der Waals surface area contributed by atoms with E-state index in [1.807, 2.05) is 27.7 Å². The van der Waals surface area contributed by atoms with Crippen molar-refractivity contribution in [2.24, 2.45) is 11.8 Å². The number of esters is 1. The summed E-state index contributed by atoms with van der Waals surface area (Å²) in [6.45, 7) is 10.2. The van der Waals surface area contributed by atoms with Crippen LogP contribution in [0, 0.1) is 11.8 Å². The average Bonchev–Trinajstić information content (AvgIpc) is 2.17. The maximum absolute atomic E-state index is 12.0. The van der Waals surface area contributed by atoms with Gasteiger partial charge in [-0.1, -0.05) is 40.5 Å². The molecule has 0 fully saturated rings. The fourth-order valence-corrected chi connectivity index (χ4v) is 2.65. The van der Waals surface area contributed by atoms with E-state index in [9.17, 15) is 9.90 Å². The van der Waals surface area contributed by atoms with Gasteiger partial charge in [-0.3, -0.25) is 4.79 Å². The third kappa shape index (κ3) is 4.66. The standard InChI is InChI=1S/C14H28O3/c1-6-9-14(16,10-7-2)12(11(4)5)13(15)17-8-3/h11-12,16H,6-10H2,1-5H3. The zero-order valence-corrected chi connectivity index (χ0v) is 12.0. The second kappa shape index (κ2) is 7.70. The molecule has 1 atom stereocenters. The van der Waals surface area contributed by atoms with Crippen molar-refractivity contribution in [1.82, 2.24) is 0 Å². The Morgan fingerprint density at radius 2 is 1.65 bits per heavy atom. The molecule has 0 amide bonds. The molecule has 0 aliphatic heterocycles. The van der Waals surface area contributed by atoms with Crippen LogP contribution in [0.25, 0.3) is 0 Å². The zero-order valence-electron chi connectivity index (χ0n) is 12.0. The summed E-state index contributed by atoms with van der Waals surface area (Å²) in [4.78, 5) is 12.0. The number of hydrogen-bond acceptors (Lipinski definition) is 3. The van der Waals surface area contributed by atoms with E-state index < -0.39 is 11.5 Å². The van der Waals surface area contributed by atoms with Crippen molar-refractivity contribution in [3.05, 3.63) is 0 Å². The van der Waals surface area contributed by atoms with E-state index in [4.69, 9.17) is 4.74 Å². The van der Waals surface area contributed by atoms with Gasteiger partial charge in [0.15, 0.2) is 0 Å². The lowest BCUT2D eigenvalue weighted by Crippen LogP contribution is -2.46. The molecule has 17 heavy (non-hydrogen) atoms. The number of aliphatic hydroxyl groups is 1. The van der Waals surface area contributed by atoms with E-state index in [1.54, 1.807) is 6.92 Å². The van der Waals surface area contributed by atoms with Gasteiger partial charge in [-0.25, -0.2) is 0 Å². The van der Waals surface area contributed by atoms with Gasteiger partial charge < -0.3 is 9.84 Å². The third-order valence-corrected chi connectivity index (χ3v) is 3.15. The summed E-state index contributed by atoms with van der Waals surface area (Å²) in [6, 6.07) is 0. The van der Waals surface area contributed by atoms with Gasteiger partial charge in [0, 0.05) is 0 Å². The van der Waals surface area contributed by atoms with Crippen LogP contribution < -0.4 is 0 Å². The summed E-state index contributed by atoms with van der Waals surface area (Å²) in [6.07, 6.45) is 3.06. The van der Waals surface area contributed by atoms with Gasteiger partial charge >= 0.3 is 5.97 Å². The molecule has 0 aromatic heterocycles. The molecular formula is C14H28O3. The second-order valence-corrected chi connectivity index (χ2v) is 5.08. The van der Waals surface area contributed by atoms with Gasteiger partial charge in [-0.2, -0.15) is 0 Å². The Hall–Kier alpha value is -0.570. The second-order valence-electron chi connectivity index (χ2n) is 5.08. The maximum atomic E-state index is 12.0. The summed E-state index contributed by atoms with van der Waals surface area (Å²) < 4.78 is 5.11. The molecule has 0 spiro atoms. The molecule has 1 unspecified atom stereocenters. The van der Waals surface area contributed by atoms with Crippen LogP contribution in [0.15, 0.2) is 0 Å². The minimum absolute atomic E-state index is 0.0946. The van der Waals surface area contributed by atoms with Gasteiger partial charge in [0.2, 0.25) is 0 Å². The van der Waals surface area contributed by atoms with Crippen LogP contribution >= 0.6 is 0 Å². The summed E-state index contributed by atoms with van der Waals surface area (Å²) in [7, 11) is 0. The molecule has 0 aromatic rings. The van der Waals surface area contributed by atoms with Crippen molar-refractivity contribution in [3.63, 3.8) is 0 Å². The molecule has 0 aliphatic carbocycles. The highest BCUT2D eigenvalue weighted by Crippen LogP contribution is 2.34. The fourth-order valence-electron chi connectivity index (χ4n) is 2.65. The summed E-state index contributed by atoms with van der Waals surface area (Å²) in [5, 5.41) is 10.7. The Labute approximate surface area is 106 Å². The number of ether oxygens (including phenoxy) is 1. The van der Waals surface area contributed by atoms with E-state index in [0.717, 1.165) is 12.8 Å². The molecule has 0 heterocycles. The molecule has 0 saturated carbocycles. The molecular weight excluding hydrogens is 216 g/mol. The number of carbonyl (C=O) groups is 1. The third-order valence-electron chi connectivity index (χ3n) is 3.15. The van der Waals surface area contributed by atoms with Gasteiger partial charge in [0.05, 0.1) is 18.1 Å². The van der Waals surface area contributed by atoms with Crippen molar-refractivity contribution in [2.75, 3.05) is 6.61 Å². The number of rotatable bonds is 8. The summed E-state index contributed by atoms with van der Waals surface area (Å²) in [5.41, 5.74) is -0.913. The van der Waals surface area contributed by atoms with Gasteiger partial charge in [-0.05, 0) is 25.7 Å². The van der Waals surface area contributed by atoms with Crippen LogP contribution in [-0.4, -0.2) is 23.3 Å². The van der Waals surface area contributed by atoms with E-state index in [-0.39, 0.29) is 11.9 Å². The van der Waals surface area contributed by atoms with Crippen molar-refractivity contribution in [2.45, 2.75) is 65.9 Å². The molecule has 3 heteroatoms. The average molecular weight is 244 g/mol. The van der Waals surface area contributed by atoms with Gasteiger partial charge in [-0.15, -0.1) is 0 Å². The highest BCUT2D eigenvalue weighted by molar-refractivity contribution is 5.74. The predicted molar refractivity (Wildman–Crippen MR) is 69.7 cm³/mol. The number of hydrogen-bond donors (Lipinski definition) is 1. The minimum Gasteiger partial charge on any atom is -0.466 e. The first-order chi connectivity index (χ1) is 7.92. The SMILES string of the molecule is CCCC(O)(CCC)C(C(=O)OCC)C(C)C. The molecule has 0 bridgehead atoms. The molecule has 102 valence electrons. The van der Waals surface area contributed by atoms with Crippen LogP contribution in [0.5, 0.6) is 0 Å². The molecule has 0 aromatic carbocycles. The normalized spacial score (nSPS) is 13.8. The van der Waals surface area contributed by atoms with Crippen molar-refractivity contribution < 1.29 is 14.6 Å². The van der Waals surface area contributed by atoms with E-state index in [1.165, 1.54) is 0 Å². The Balaban J connectivity index is 5.01. The zero-order chi connectivity index (χ0) is 13.5. The van der Waals surface area contributed by atoms with Crippen LogP contribution in [-0.2, 0) is 9.53 Å². The largest absolute Gasteiger partial charge is 0.466 e. The summed E-state index contributed by atoms with van der Waals surface area (Å²) in [5.74, 6) is -0.577.